The molecule has 0 aromatic carbocycles. The van der Waals surface area contributed by atoms with E-state index in [4.69, 9.17) is 0 Å². The minimum absolute atomic E-state index is 0.230. The predicted molar refractivity (Wildman–Crippen MR) is 33.6 cm³/mol. The Kier molecular flexibility index (Phi) is 3.38. The van der Waals surface area contributed by atoms with Crippen molar-refractivity contribution in [3.05, 3.63) is 0 Å². The Morgan fingerprint density at radius 2 is 2.12 bits per heavy atom. The van der Waals surface area contributed by atoms with Crippen LogP contribution in [0.1, 0.15) is 0 Å². The van der Waals surface area contributed by atoms with Crippen LogP contribution in [0.25, 0.3) is 0 Å². The maximum absolute atomic E-state index is 10.0. The Morgan fingerprint density at radius 1 is 1.62 bits per heavy atom. The topological polar surface area (TPSA) is 72.2 Å². The van der Waals surface area contributed by atoms with Crippen LogP contribution in [0.5, 0.6) is 0 Å². The summed E-state index contributed by atoms with van der Waals surface area (Å²) in [5, 5.41) is 4.54. The molecule has 6 heteroatoms. The minimum Gasteiger partial charge on any atom is -0.216 e. The van der Waals surface area contributed by atoms with Crippen LogP contribution in [0, 0.1) is 0 Å². The maximum atomic E-state index is 10.0. The van der Waals surface area contributed by atoms with Crippen molar-refractivity contribution in [1.82, 2.24) is 4.72 Å². The molecular weight excluding hydrogens is 148 g/mol. The molecule has 0 aliphatic carbocycles. The third kappa shape index (κ3) is 6.22. The second-order valence-electron chi connectivity index (χ2n) is 1.14. The van der Waals surface area contributed by atoms with E-state index in [1.807, 2.05) is 4.72 Å². The van der Waals surface area contributed by atoms with Gasteiger partial charge in [-0.1, -0.05) is 12.6 Å². The van der Waals surface area contributed by atoms with Gasteiger partial charge in [0.15, 0.2) is 0 Å². The molecule has 0 aliphatic heterocycles. The molecule has 49 valence electrons. The molecule has 0 saturated carbocycles. The highest BCUT2D eigenvalue weighted by molar-refractivity contribution is 7.87. The number of nitrogens with one attached hydrogen (secondary N) is 1. The number of rotatable bonds is 3. The molecule has 0 aromatic heterocycles. The number of hydrogen-bond donors (Lipinski definition) is 2. The first kappa shape index (κ1) is 8.22. The summed E-state index contributed by atoms with van der Waals surface area (Å²) < 4.78 is 22.0. The lowest BCUT2D eigenvalue weighted by molar-refractivity contribution is 0.586. The van der Waals surface area contributed by atoms with Crippen LogP contribution >= 0.6 is 12.6 Å². The molecule has 0 unspecified atom stereocenters. The third-order valence-electron chi connectivity index (χ3n) is 0.405. The van der Waals surface area contributed by atoms with Gasteiger partial charge in [0.05, 0.1) is 0 Å². The predicted octanol–water partition coefficient (Wildman–Crippen LogP) is -1.02. The van der Waals surface area contributed by atoms with Gasteiger partial charge in [-0.15, -0.1) is 0 Å². The highest BCUT2D eigenvalue weighted by Crippen LogP contribution is 1.70. The van der Waals surface area contributed by atoms with Crippen molar-refractivity contribution in [3.63, 3.8) is 0 Å². The first-order valence-corrected chi connectivity index (χ1v) is 4.04. The first-order valence-electron chi connectivity index (χ1n) is 1.92. The van der Waals surface area contributed by atoms with E-state index in [9.17, 15) is 8.42 Å². The van der Waals surface area contributed by atoms with Gasteiger partial charge in [0.25, 0.3) is 10.2 Å². The zero-order chi connectivity index (χ0) is 6.62. The van der Waals surface area contributed by atoms with Crippen LogP contribution in [-0.4, -0.2) is 20.7 Å². The van der Waals surface area contributed by atoms with Crippen molar-refractivity contribution >= 4 is 22.8 Å². The fraction of sp³-hybridized carbons (Fsp3) is 1.00. The highest BCUT2D eigenvalue weighted by Gasteiger charge is 1.95. The lowest BCUT2D eigenvalue weighted by atomic mass is 10.8. The third-order valence-corrected chi connectivity index (χ3v) is 1.22. The molecular formula is C2H7N2O2S2. The van der Waals surface area contributed by atoms with E-state index in [1.54, 1.807) is 0 Å². The summed E-state index contributed by atoms with van der Waals surface area (Å²) in [6.07, 6.45) is 0. The fourth-order valence-corrected chi connectivity index (χ4v) is 0.802. The van der Waals surface area contributed by atoms with E-state index in [2.05, 4.69) is 17.8 Å². The smallest absolute Gasteiger partial charge is 0.216 e. The van der Waals surface area contributed by atoms with Gasteiger partial charge in [0.1, 0.15) is 0 Å². The Hall–Kier alpha value is 0.220. The summed E-state index contributed by atoms with van der Waals surface area (Å²) in [7, 11) is -3.50. The largest absolute Gasteiger partial charge is 0.274 e. The van der Waals surface area contributed by atoms with E-state index < -0.39 is 10.2 Å². The molecule has 0 fully saturated rings. The molecule has 3 N–H and O–H groups in total. The van der Waals surface area contributed by atoms with E-state index in [0.29, 0.717) is 5.75 Å². The zero-order valence-electron chi connectivity index (χ0n) is 4.12. The quantitative estimate of drug-likeness (QED) is 0.547. The molecule has 0 saturated heterocycles. The second-order valence-corrected chi connectivity index (χ2v) is 2.93. The Morgan fingerprint density at radius 3 is 2.25 bits per heavy atom. The minimum atomic E-state index is -3.50. The highest BCUT2D eigenvalue weighted by atomic mass is 32.2. The Bertz CT molecular complexity index is 140. The Labute approximate surface area is 54.0 Å². The normalized spacial score (nSPS) is 11.8. The van der Waals surface area contributed by atoms with Crippen LogP contribution < -0.4 is 9.86 Å². The van der Waals surface area contributed by atoms with Crippen molar-refractivity contribution in [1.29, 1.82) is 0 Å². The van der Waals surface area contributed by atoms with E-state index in [0.717, 1.165) is 0 Å². The first-order chi connectivity index (χ1) is 3.56. The van der Waals surface area contributed by atoms with Crippen molar-refractivity contribution in [2.45, 2.75) is 0 Å². The zero-order valence-corrected chi connectivity index (χ0v) is 5.76. The van der Waals surface area contributed by atoms with Gasteiger partial charge in [0, 0.05) is 12.3 Å². The second kappa shape index (κ2) is 3.29. The van der Waals surface area contributed by atoms with Gasteiger partial charge >= 0.3 is 0 Å². The van der Waals surface area contributed by atoms with Crippen LogP contribution in [0.3, 0.4) is 0 Å². The molecule has 0 bridgehead atoms. The summed E-state index contributed by atoms with van der Waals surface area (Å²) in [4.78, 5) is 0. The average molecular weight is 155 g/mol. The van der Waals surface area contributed by atoms with Crippen molar-refractivity contribution < 1.29 is 8.42 Å². The van der Waals surface area contributed by atoms with Gasteiger partial charge < -0.3 is 0 Å². The van der Waals surface area contributed by atoms with E-state index >= 15 is 0 Å². The molecule has 0 atom stereocenters. The molecule has 1 radical (unpaired) electrons. The number of nitrogens with two attached hydrogens (primary N) is 1. The molecule has 0 aliphatic rings. The molecule has 0 aromatic rings. The van der Waals surface area contributed by atoms with Gasteiger partial charge in [-0.05, 0) is 0 Å². The van der Waals surface area contributed by atoms with Crippen LogP contribution in [0.4, 0.5) is 0 Å². The summed E-state index contributed by atoms with van der Waals surface area (Å²) in [6.45, 7) is 0.230. The van der Waals surface area contributed by atoms with Crippen LogP contribution in [0.15, 0.2) is 0 Å². The van der Waals surface area contributed by atoms with Gasteiger partial charge in [-0.2, -0.15) is 8.42 Å². The lowest BCUT2D eigenvalue weighted by Gasteiger charge is -1.94. The maximum Gasteiger partial charge on any atom is 0.274 e. The summed E-state index contributed by atoms with van der Waals surface area (Å²) >= 11 is 4.44. The van der Waals surface area contributed by atoms with Crippen molar-refractivity contribution in [2.75, 3.05) is 12.3 Å². The fourth-order valence-electron chi connectivity index (χ4n) is 0.184. The van der Waals surface area contributed by atoms with Crippen LogP contribution in [0.2, 0.25) is 0 Å². The molecule has 4 nitrogen and oxygen atoms in total. The molecule has 8 heavy (non-hydrogen) atoms. The average Bonchev–Trinajstić information content (AvgIpc) is 1.59. The standard InChI is InChI=1S/C2H7N2O2S2/c3-8(5,6)4-1-2-7/h4H,1-2H2,(H2,3,5,6). The summed E-state index contributed by atoms with van der Waals surface area (Å²) in [6, 6.07) is 0. The van der Waals surface area contributed by atoms with Crippen molar-refractivity contribution in [3.8, 4) is 0 Å². The number of hydrogen-bond acceptors (Lipinski definition) is 2. The van der Waals surface area contributed by atoms with Crippen molar-refractivity contribution in [2.24, 2.45) is 5.14 Å². The van der Waals surface area contributed by atoms with E-state index in [-0.39, 0.29) is 6.54 Å². The van der Waals surface area contributed by atoms with Crippen LogP contribution in [-0.2, 0) is 10.2 Å². The molecule has 0 amide bonds. The molecule has 0 rings (SSSR count). The summed E-state index contributed by atoms with van der Waals surface area (Å²) in [5.41, 5.74) is 0. The lowest BCUT2D eigenvalue weighted by Crippen LogP contribution is -2.32. The van der Waals surface area contributed by atoms with Gasteiger partial charge in [0.2, 0.25) is 0 Å². The summed E-state index contributed by atoms with van der Waals surface area (Å²) in [5.74, 6) is 0.344. The SMILES string of the molecule is NS(=O)(=O)NCC[S]. The monoisotopic (exact) mass is 155 g/mol. The van der Waals surface area contributed by atoms with Gasteiger partial charge in [-0.25, -0.2) is 9.86 Å². The molecule has 0 heterocycles. The van der Waals surface area contributed by atoms with E-state index in [1.165, 1.54) is 0 Å². The van der Waals surface area contributed by atoms with Gasteiger partial charge in [-0.3, -0.25) is 0 Å². The molecule has 0 spiro atoms. The Balaban J connectivity index is 3.42.